The highest BCUT2D eigenvalue weighted by Crippen LogP contribution is 2.19. The molecule has 0 saturated carbocycles. The maximum atomic E-state index is 12.8. The van der Waals surface area contributed by atoms with Gasteiger partial charge in [-0.3, -0.25) is 4.68 Å². The number of nitrogens with one attached hydrogen (secondary N) is 1. The van der Waals surface area contributed by atoms with E-state index in [-0.39, 0.29) is 17.5 Å². The molecular formula is C12H17ClFN3S. The van der Waals surface area contributed by atoms with Gasteiger partial charge in [-0.05, 0) is 32.9 Å². The van der Waals surface area contributed by atoms with Gasteiger partial charge in [-0.15, -0.1) is 23.7 Å². The first-order valence-electron chi connectivity index (χ1n) is 5.60. The molecule has 0 spiro atoms. The van der Waals surface area contributed by atoms with Gasteiger partial charge >= 0.3 is 0 Å². The molecule has 0 amide bonds. The van der Waals surface area contributed by atoms with Gasteiger partial charge in [0.05, 0.1) is 11.4 Å². The van der Waals surface area contributed by atoms with Crippen molar-refractivity contribution < 1.29 is 4.39 Å². The molecule has 0 aliphatic carbocycles. The van der Waals surface area contributed by atoms with Gasteiger partial charge in [0.25, 0.3) is 0 Å². The lowest BCUT2D eigenvalue weighted by molar-refractivity contribution is 0.529. The van der Waals surface area contributed by atoms with Gasteiger partial charge < -0.3 is 5.32 Å². The van der Waals surface area contributed by atoms with E-state index in [0.29, 0.717) is 12.6 Å². The zero-order valence-electron chi connectivity index (χ0n) is 10.6. The number of hydrogen-bond donors (Lipinski definition) is 1. The first-order chi connectivity index (χ1) is 8.06. The van der Waals surface area contributed by atoms with E-state index in [0.717, 1.165) is 16.3 Å². The Morgan fingerprint density at radius 3 is 2.67 bits per heavy atom. The van der Waals surface area contributed by atoms with E-state index in [1.165, 1.54) is 17.4 Å². The summed E-state index contributed by atoms with van der Waals surface area (Å²) in [5, 5.41) is 7.55. The van der Waals surface area contributed by atoms with E-state index in [1.54, 1.807) is 6.07 Å². The lowest BCUT2D eigenvalue weighted by Crippen LogP contribution is -2.00. The summed E-state index contributed by atoms with van der Waals surface area (Å²) in [6.07, 6.45) is 1.99. The van der Waals surface area contributed by atoms with Crippen molar-refractivity contribution in [3.05, 3.63) is 34.0 Å². The molecule has 0 bridgehead atoms. The van der Waals surface area contributed by atoms with Crippen LogP contribution < -0.4 is 5.32 Å². The van der Waals surface area contributed by atoms with E-state index in [4.69, 9.17) is 0 Å². The van der Waals surface area contributed by atoms with Crippen molar-refractivity contribution in [2.75, 3.05) is 5.32 Å². The van der Waals surface area contributed by atoms with Crippen LogP contribution >= 0.6 is 23.7 Å². The smallest absolute Gasteiger partial charge is 0.176 e. The second kappa shape index (κ2) is 6.20. The molecule has 2 aromatic heterocycles. The maximum Gasteiger partial charge on any atom is 0.176 e. The number of aromatic nitrogens is 2. The lowest BCUT2D eigenvalue weighted by atomic mass is 10.3. The average Bonchev–Trinajstić information content (AvgIpc) is 2.82. The number of halogens is 2. The fourth-order valence-corrected chi connectivity index (χ4v) is 2.22. The van der Waals surface area contributed by atoms with Crippen molar-refractivity contribution >= 4 is 29.4 Å². The molecule has 0 unspecified atom stereocenters. The maximum absolute atomic E-state index is 12.8. The van der Waals surface area contributed by atoms with Crippen LogP contribution in [0.15, 0.2) is 18.3 Å². The summed E-state index contributed by atoms with van der Waals surface area (Å²) in [6.45, 7) is 6.78. The lowest BCUT2D eigenvalue weighted by Gasteiger charge is -2.03. The summed E-state index contributed by atoms with van der Waals surface area (Å²) >= 11 is 1.17. The Labute approximate surface area is 116 Å². The summed E-state index contributed by atoms with van der Waals surface area (Å²) in [7, 11) is 0. The van der Waals surface area contributed by atoms with E-state index < -0.39 is 0 Å². The SMILES string of the molecule is Cc1nn(C(C)C)cc1NCc1ccc(F)s1.Cl. The van der Waals surface area contributed by atoms with Crippen molar-refractivity contribution in [1.29, 1.82) is 0 Å². The second-order valence-electron chi connectivity index (χ2n) is 4.26. The quantitative estimate of drug-likeness (QED) is 0.922. The van der Waals surface area contributed by atoms with Crippen LogP contribution in [0.4, 0.5) is 10.1 Å². The predicted octanol–water partition coefficient (Wildman–Crippen LogP) is 4.01. The molecule has 100 valence electrons. The third kappa shape index (κ3) is 3.46. The number of rotatable bonds is 4. The Kier molecular flexibility index (Phi) is 5.16. The van der Waals surface area contributed by atoms with Gasteiger partial charge in [-0.25, -0.2) is 0 Å². The first kappa shape index (κ1) is 15.0. The highest BCUT2D eigenvalue weighted by atomic mass is 35.5. The van der Waals surface area contributed by atoms with Gasteiger partial charge in [0.15, 0.2) is 5.13 Å². The molecule has 0 atom stereocenters. The van der Waals surface area contributed by atoms with E-state index in [2.05, 4.69) is 24.3 Å². The molecule has 0 radical (unpaired) electrons. The summed E-state index contributed by atoms with van der Waals surface area (Å²) in [6, 6.07) is 3.64. The van der Waals surface area contributed by atoms with E-state index in [9.17, 15) is 4.39 Å². The van der Waals surface area contributed by atoms with Crippen LogP contribution in [0.2, 0.25) is 0 Å². The Bertz CT molecular complexity index is 507. The predicted molar refractivity (Wildman–Crippen MR) is 76.2 cm³/mol. The minimum Gasteiger partial charge on any atom is -0.377 e. The van der Waals surface area contributed by atoms with Crippen LogP contribution in [0.5, 0.6) is 0 Å². The highest BCUT2D eigenvalue weighted by molar-refractivity contribution is 7.10. The number of hydrogen-bond acceptors (Lipinski definition) is 3. The van der Waals surface area contributed by atoms with Crippen molar-refractivity contribution in [3.63, 3.8) is 0 Å². The summed E-state index contributed by atoms with van der Waals surface area (Å²) < 4.78 is 14.7. The molecule has 0 aliphatic heterocycles. The van der Waals surface area contributed by atoms with Gasteiger partial charge in [0, 0.05) is 23.7 Å². The molecule has 1 N–H and O–H groups in total. The average molecular weight is 290 g/mol. The van der Waals surface area contributed by atoms with Crippen LogP contribution in [0.1, 0.15) is 30.5 Å². The van der Waals surface area contributed by atoms with Gasteiger partial charge in [-0.2, -0.15) is 9.49 Å². The molecule has 0 saturated heterocycles. The Hall–Kier alpha value is -1.07. The van der Waals surface area contributed by atoms with Crippen LogP contribution in [-0.2, 0) is 6.54 Å². The number of aryl methyl sites for hydroxylation is 1. The number of nitrogens with zero attached hydrogens (tertiary/aromatic N) is 2. The monoisotopic (exact) mass is 289 g/mol. The normalized spacial score (nSPS) is 10.5. The number of anilines is 1. The Morgan fingerprint density at radius 2 is 2.17 bits per heavy atom. The zero-order chi connectivity index (χ0) is 12.4. The minimum absolute atomic E-state index is 0. The molecule has 3 nitrogen and oxygen atoms in total. The van der Waals surface area contributed by atoms with Crippen molar-refractivity contribution in [3.8, 4) is 0 Å². The Morgan fingerprint density at radius 1 is 1.44 bits per heavy atom. The largest absolute Gasteiger partial charge is 0.377 e. The molecule has 6 heteroatoms. The van der Waals surface area contributed by atoms with E-state index >= 15 is 0 Å². The fraction of sp³-hybridized carbons (Fsp3) is 0.417. The van der Waals surface area contributed by atoms with Gasteiger partial charge in [-0.1, -0.05) is 0 Å². The standard InChI is InChI=1S/C12H16FN3S.ClH/c1-8(2)16-7-11(9(3)15-16)14-6-10-4-5-12(13)17-10;/h4-5,7-8,14H,6H2,1-3H3;1H. The van der Waals surface area contributed by atoms with Crippen molar-refractivity contribution in [2.24, 2.45) is 0 Å². The van der Waals surface area contributed by atoms with Crippen LogP contribution in [0, 0.1) is 12.1 Å². The summed E-state index contributed by atoms with van der Waals surface area (Å²) in [4.78, 5) is 0.985. The molecule has 0 aromatic carbocycles. The zero-order valence-corrected chi connectivity index (χ0v) is 12.2. The molecule has 0 fully saturated rings. The third-order valence-electron chi connectivity index (χ3n) is 2.53. The molecule has 0 aliphatic rings. The molecular weight excluding hydrogens is 273 g/mol. The highest BCUT2D eigenvalue weighted by Gasteiger charge is 2.07. The first-order valence-corrected chi connectivity index (χ1v) is 6.41. The van der Waals surface area contributed by atoms with Gasteiger partial charge in [0.1, 0.15) is 0 Å². The summed E-state index contributed by atoms with van der Waals surface area (Å²) in [5.41, 5.74) is 1.98. The van der Waals surface area contributed by atoms with Crippen LogP contribution in [0.3, 0.4) is 0 Å². The fourth-order valence-electron chi connectivity index (χ4n) is 1.55. The third-order valence-corrected chi connectivity index (χ3v) is 3.40. The van der Waals surface area contributed by atoms with E-state index in [1.807, 2.05) is 17.8 Å². The van der Waals surface area contributed by atoms with Gasteiger partial charge in [0.2, 0.25) is 0 Å². The number of thiophene rings is 1. The molecule has 18 heavy (non-hydrogen) atoms. The van der Waals surface area contributed by atoms with Crippen LogP contribution in [-0.4, -0.2) is 9.78 Å². The van der Waals surface area contributed by atoms with Crippen molar-refractivity contribution in [1.82, 2.24) is 9.78 Å². The van der Waals surface area contributed by atoms with Crippen LogP contribution in [0.25, 0.3) is 0 Å². The molecule has 2 rings (SSSR count). The molecule has 2 aromatic rings. The minimum atomic E-state index is -0.142. The van der Waals surface area contributed by atoms with Crippen molar-refractivity contribution in [2.45, 2.75) is 33.4 Å². The molecule has 2 heterocycles. The second-order valence-corrected chi connectivity index (χ2v) is 5.38. The topological polar surface area (TPSA) is 29.9 Å². The summed E-state index contributed by atoms with van der Waals surface area (Å²) in [5.74, 6) is 0. The Balaban J connectivity index is 0.00000162.